The van der Waals surface area contributed by atoms with Crippen LogP contribution in [0.15, 0.2) is 10.8 Å². The van der Waals surface area contributed by atoms with E-state index in [9.17, 15) is 9.59 Å². The van der Waals surface area contributed by atoms with Gasteiger partial charge in [0.05, 0.1) is 0 Å². The molecule has 0 spiro atoms. The lowest BCUT2D eigenvalue weighted by molar-refractivity contribution is -0.121. The van der Waals surface area contributed by atoms with Gasteiger partial charge in [0.2, 0.25) is 11.8 Å². The summed E-state index contributed by atoms with van der Waals surface area (Å²) in [7, 11) is 0. The lowest BCUT2D eigenvalue weighted by Crippen LogP contribution is -2.22. The van der Waals surface area contributed by atoms with E-state index < -0.39 is 0 Å². The van der Waals surface area contributed by atoms with Crippen LogP contribution < -0.4 is 10.6 Å². The van der Waals surface area contributed by atoms with Gasteiger partial charge in [-0.3, -0.25) is 9.59 Å². The fourth-order valence-corrected chi connectivity index (χ4v) is 2.94. The summed E-state index contributed by atoms with van der Waals surface area (Å²) in [5, 5.41) is 9.70. The first-order valence-corrected chi connectivity index (χ1v) is 9.22. The fraction of sp³-hybridized carbons (Fsp3) is 0.714. The highest BCUT2D eigenvalue weighted by Gasteiger charge is 1.98. The first-order valence-electron chi connectivity index (χ1n) is 7.12. The maximum absolute atomic E-state index is 11.2. The fourth-order valence-electron chi connectivity index (χ4n) is 1.42. The number of amides is 2. The largest absolute Gasteiger partial charge is 0.356 e. The molecule has 0 saturated carbocycles. The molecule has 0 aliphatic heterocycles. The van der Waals surface area contributed by atoms with Crippen molar-refractivity contribution in [2.24, 2.45) is 0 Å². The van der Waals surface area contributed by atoms with Gasteiger partial charge in [0.25, 0.3) is 0 Å². The molecular formula is C14H26N2O2S2. The Labute approximate surface area is 130 Å². The van der Waals surface area contributed by atoms with Crippen LogP contribution in [0.4, 0.5) is 0 Å². The van der Waals surface area contributed by atoms with E-state index in [1.807, 2.05) is 13.8 Å². The Morgan fingerprint density at radius 1 is 0.850 bits per heavy atom. The zero-order valence-electron chi connectivity index (χ0n) is 12.4. The van der Waals surface area contributed by atoms with E-state index >= 15 is 0 Å². The highest BCUT2D eigenvalue weighted by atomic mass is 32.2. The van der Waals surface area contributed by atoms with E-state index in [-0.39, 0.29) is 11.8 Å². The van der Waals surface area contributed by atoms with Crippen molar-refractivity contribution in [3.8, 4) is 0 Å². The van der Waals surface area contributed by atoms with Gasteiger partial charge in [0, 0.05) is 25.9 Å². The summed E-state index contributed by atoms with van der Waals surface area (Å²) in [6.07, 6.45) is 3.02. The van der Waals surface area contributed by atoms with Crippen LogP contribution in [0.1, 0.15) is 39.5 Å². The number of hydrogen-bond acceptors (Lipinski definition) is 4. The molecule has 0 atom stereocenters. The molecular weight excluding hydrogens is 292 g/mol. The Morgan fingerprint density at radius 3 is 1.60 bits per heavy atom. The molecule has 2 N–H and O–H groups in total. The molecule has 20 heavy (non-hydrogen) atoms. The third kappa shape index (κ3) is 13.8. The van der Waals surface area contributed by atoms with Crippen LogP contribution in [-0.4, -0.2) is 36.4 Å². The number of carbonyl (C=O) groups excluding carboxylic acids is 2. The molecule has 0 aromatic heterocycles. The number of carbonyl (C=O) groups is 2. The Bertz CT molecular complexity index is 269. The zero-order chi connectivity index (χ0) is 15.1. The van der Waals surface area contributed by atoms with Crippen LogP contribution in [0.3, 0.4) is 0 Å². The topological polar surface area (TPSA) is 58.2 Å². The highest BCUT2D eigenvalue weighted by molar-refractivity contribution is 8.05. The van der Waals surface area contributed by atoms with Crippen LogP contribution in [-0.2, 0) is 9.59 Å². The maximum Gasteiger partial charge on any atom is 0.220 e. The molecule has 4 nitrogen and oxygen atoms in total. The summed E-state index contributed by atoms with van der Waals surface area (Å²) in [5.74, 6) is 2.20. The van der Waals surface area contributed by atoms with E-state index in [1.54, 1.807) is 23.5 Å². The average Bonchev–Trinajstić information content (AvgIpc) is 2.41. The predicted molar refractivity (Wildman–Crippen MR) is 89.9 cm³/mol. The van der Waals surface area contributed by atoms with Crippen molar-refractivity contribution < 1.29 is 9.59 Å². The molecule has 0 saturated heterocycles. The SMILES string of the molecule is CCNC(=O)CCCSC=CSCCCC(=O)NCC. The highest BCUT2D eigenvalue weighted by Crippen LogP contribution is 2.12. The molecule has 0 rings (SSSR count). The van der Waals surface area contributed by atoms with Crippen molar-refractivity contribution in [2.45, 2.75) is 39.5 Å². The van der Waals surface area contributed by atoms with Gasteiger partial charge >= 0.3 is 0 Å². The van der Waals surface area contributed by atoms with E-state index in [4.69, 9.17) is 0 Å². The number of thioether (sulfide) groups is 2. The second kappa shape index (κ2) is 14.8. The van der Waals surface area contributed by atoms with Crippen molar-refractivity contribution in [3.05, 3.63) is 10.8 Å². The van der Waals surface area contributed by atoms with Crippen molar-refractivity contribution in [1.82, 2.24) is 10.6 Å². The Morgan fingerprint density at radius 2 is 1.25 bits per heavy atom. The van der Waals surface area contributed by atoms with Crippen molar-refractivity contribution in [1.29, 1.82) is 0 Å². The minimum Gasteiger partial charge on any atom is -0.356 e. The molecule has 6 heteroatoms. The molecule has 2 amide bonds. The Balaban J connectivity index is 3.28. The minimum atomic E-state index is 0.136. The second-order valence-corrected chi connectivity index (χ2v) is 6.16. The quantitative estimate of drug-likeness (QED) is 0.543. The minimum absolute atomic E-state index is 0.136. The molecule has 116 valence electrons. The Kier molecular flexibility index (Phi) is 14.3. The van der Waals surface area contributed by atoms with Gasteiger partial charge in [0.15, 0.2) is 0 Å². The Hall–Kier alpha value is -0.620. The van der Waals surface area contributed by atoms with Gasteiger partial charge in [-0.05, 0) is 49.0 Å². The number of nitrogens with one attached hydrogen (secondary N) is 2. The van der Waals surface area contributed by atoms with Crippen molar-refractivity contribution in [3.63, 3.8) is 0 Å². The standard InChI is InChI=1S/C14H26N2O2S2/c1-3-15-13(17)7-5-9-19-11-12-20-10-6-8-14(18)16-4-2/h11-12H,3-10H2,1-2H3,(H,15,17)(H,16,18). The molecule has 0 aromatic carbocycles. The third-order valence-electron chi connectivity index (χ3n) is 2.33. The van der Waals surface area contributed by atoms with Crippen LogP contribution in [0.25, 0.3) is 0 Å². The molecule has 0 fully saturated rings. The zero-order valence-corrected chi connectivity index (χ0v) is 14.1. The van der Waals surface area contributed by atoms with Gasteiger partial charge in [0.1, 0.15) is 0 Å². The van der Waals surface area contributed by atoms with Gasteiger partial charge in [-0.25, -0.2) is 0 Å². The lowest BCUT2D eigenvalue weighted by atomic mass is 10.3. The third-order valence-corrected chi connectivity index (χ3v) is 4.21. The smallest absolute Gasteiger partial charge is 0.220 e. The normalized spacial score (nSPS) is 10.7. The summed E-state index contributed by atoms with van der Waals surface area (Å²) in [5.41, 5.74) is 0. The lowest BCUT2D eigenvalue weighted by Gasteiger charge is -2.01. The monoisotopic (exact) mass is 318 g/mol. The van der Waals surface area contributed by atoms with Crippen molar-refractivity contribution in [2.75, 3.05) is 24.6 Å². The van der Waals surface area contributed by atoms with Crippen molar-refractivity contribution >= 4 is 35.3 Å². The van der Waals surface area contributed by atoms with Gasteiger partial charge < -0.3 is 10.6 Å². The molecule has 0 heterocycles. The summed E-state index contributed by atoms with van der Waals surface area (Å²) in [4.78, 5) is 22.4. The summed E-state index contributed by atoms with van der Waals surface area (Å²) >= 11 is 3.45. The van der Waals surface area contributed by atoms with Crippen LogP contribution in [0.2, 0.25) is 0 Å². The van der Waals surface area contributed by atoms with Crippen LogP contribution in [0.5, 0.6) is 0 Å². The van der Waals surface area contributed by atoms with E-state index in [1.165, 1.54) is 0 Å². The molecule has 0 aromatic rings. The van der Waals surface area contributed by atoms with Crippen LogP contribution in [0, 0.1) is 0 Å². The summed E-state index contributed by atoms with van der Waals surface area (Å²) in [6, 6.07) is 0. The average molecular weight is 319 g/mol. The molecule has 0 radical (unpaired) electrons. The van der Waals surface area contributed by atoms with E-state index in [0.29, 0.717) is 25.9 Å². The molecule has 0 aliphatic carbocycles. The first kappa shape index (κ1) is 19.4. The molecule has 0 aliphatic rings. The molecule has 0 unspecified atom stereocenters. The van der Waals surface area contributed by atoms with Crippen LogP contribution >= 0.6 is 23.5 Å². The van der Waals surface area contributed by atoms with Gasteiger partial charge in [-0.1, -0.05) is 0 Å². The molecule has 0 bridgehead atoms. The van der Waals surface area contributed by atoms with Gasteiger partial charge in [-0.2, -0.15) is 0 Å². The number of hydrogen-bond donors (Lipinski definition) is 2. The first-order chi connectivity index (χ1) is 9.70. The second-order valence-electron chi connectivity index (χ2n) is 4.13. The number of rotatable bonds is 12. The maximum atomic E-state index is 11.2. The predicted octanol–water partition coefficient (Wildman–Crippen LogP) is 2.76. The van der Waals surface area contributed by atoms with Gasteiger partial charge in [-0.15, -0.1) is 23.5 Å². The van der Waals surface area contributed by atoms with E-state index in [0.717, 1.165) is 24.3 Å². The van der Waals surface area contributed by atoms with E-state index in [2.05, 4.69) is 21.4 Å². The summed E-state index contributed by atoms with van der Waals surface area (Å²) in [6.45, 7) is 5.27. The summed E-state index contributed by atoms with van der Waals surface area (Å²) < 4.78 is 0.